The molecule has 4 nitrogen and oxygen atoms in total. The van der Waals surface area contributed by atoms with Gasteiger partial charge in [-0.1, -0.05) is 48.5 Å². The third-order valence-corrected chi connectivity index (χ3v) is 4.29. The molecule has 0 bridgehead atoms. The van der Waals surface area contributed by atoms with Crippen molar-refractivity contribution < 1.29 is 9.18 Å². The maximum absolute atomic E-state index is 13.2. The molecule has 0 aliphatic heterocycles. The van der Waals surface area contributed by atoms with Crippen LogP contribution in [0.2, 0.25) is 0 Å². The van der Waals surface area contributed by atoms with Gasteiger partial charge in [-0.2, -0.15) is 5.26 Å². The van der Waals surface area contributed by atoms with E-state index in [1.165, 1.54) is 12.1 Å². The first kappa shape index (κ1) is 19.3. The number of halogens is 1. The fourth-order valence-electron chi connectivity index (χ4n) is 3.00. The molecule has 0 unspecified atom stereocenters. The third-order valence-electron chi connectivity index (χ3n) is 4.29. The molecular weight excluding hydrogens is 353 g/mol. The average molecular weight is 373 g/mol. The summed E-state index contributed by atoms with van der Waals surface area (Å²) in [4.78, 5) is 14.0. The molecule has 0 spiro atoms. The Morgan fingerprint density at radius 2 is 1.82 bits per heavy atom. The number of hydrogen-bond donors (Lipinski definition) is 1. The summed E-state index contributed by atoms with van der Waals surface area (Å²) in [5.74, 6) is -0.586. The van der Waals surface area contributed by atoms with E-state index >= 15 is 0 Å². The highest BCUT2D eigenvalue weighted by Gasteiger charge is 2.09. The molecule has 1 N–H and O–H groups in total. The van der Waals surface area contributed by atoms with Gasteiger partial charge in [-0.25, -0.2) is 4.39 Å². The van der Waals surface area contributed by atoms with Crippen molar-refractivity contribution in [2.75, 3.05) is 18.9 Å². The SMILES string of the molecule is CN(CC(=O)Nc1cccc(F)c1)Cc1ccc(-c2ccccc2C#N)cc1. The summed E-state index contributed by atoms with van der Waals surface area (Å²) in [7, 11) is 1.85. The molecule has 0 atom stereocenters. The second kappa shape index (κ2) is 8.94. The van der Waals surface area contributed by atoms with E-state index < -0.39 is 0 Å². The molecule has 3 aromatic carbocycles. The number of amides is 1. The highest BCUT2D eigenvalue weighted by atomic mass is 19.1. The van der Waals surface area contributed by atoms with E-state index in [9.17, 15) is 14.4 Å². The van der Waals surface area contributed by atoms with Crippen LogP contribution in [0.3, 0.4) is 0 Å². The number of hydrogen-bond acceptors (Lipinski definition) is 3. The minimum atomic E-state index is -0.385. The van der Waals surface area contributed by atoms with E-state index in [1.54, 1.807) is 18.2 Å². The Balaban J connectivity index is 1.59. The summed E-state index contributed by atoms with van der Waals surface area (Å²) in [6.45, 7) is 0.784. The normalized spacial score (nSPS) is 10.5. The summed E-state index contributed by atoms with van der Waals surface area (Å²) in [6.07, 6.45) is 0. The first-order valence-corrected chi connectivity index (χ1v) is 8.87. The average Bonchev–Trinajstić information content (AvgIpc) is 2.68. The van der Waals surface area contributed by atoms with E-state index in [2.05, 4.69) is 11.4 Å². The minimum Gasteiger partial charge on any atom is -0.325 e. The van der Waals surface area contributed by atoms with Crippen LogP contribution in [0.4, 0.5) is 10.1 Å². The number of nitriles is 1. The molecular formula is C23H20FN3O. The zero-order chi connectivity index (χ0) is 19.9. The molecule has 3 aromatic rings. The Kier molecular flexibility index (Phi) is 6.15. The van der Waals surface area contributed by atoms with Gasteiger partial charge in [-0.3, -0.25) is 9.69 Å². The molecule has 0 fully saturated rings. The monoisotopic (exact) mass is 373 g/mol. The molecule has 0 heterocycles. The van der Waals surface area contributed by atoms with Crippen LogP contribution in [0.15, 0.2) is 72.8 Å². The zero-order valence-corrected chi connectivity index (χ0v) is 15.5. The third kappa shape index (κ3) is 5.03. The molecule has 5 heteroatoms. The Bertz CT molecular complexity index is 1010. The standard InChI is InChI=1S/C23H20FN3O/c1-27(16-23(28)26-21-7-4-6-20(24)13-21)15-17-9-11-18(12-10-17)22-8-3-2-5-19(22)14-25/h2-13H,15-16H2,1H3,(H,26,28). The van der Waals surface area contributed by atoms with E-state index in [0.717, 1.165) is 16.7 Å². The maximum Gasteiger partial charge on any atom is 0.238 e. The summed E-state index contributed by atoms with van der Waals surface area (Å²) in [5.41, 5.74) is 4.02. The largest absolute Gasteiger partial charge is 0.325 e. The van der Waals surface area contributed by atoms with E-state index in [-0.39, 0.29) is 18.3 Å². The molecule has 0 aromatic heterocycles. The number of anilines is 1. The van der Waals surface area contributed by atoms with Crippen molar-refractivity contribution in [3.63, 3.8) is 0 Å². The van der Waals surface area contributed by atoms with Crippen molar-refractivity contribution in [1.29, 1.82) is 5.26 Å². The van der Waals surface area contributed by atoms with Crippen molar-refractivity contribution in [2.45, 2.75) is 6.54 Å². The number of nitrogens with one attached hydrogen (secondary N) is 1. The highest BCUT2D eigenvalue weighted by molar-refractivity contribution is 5.92. The summed E-state index contributed by atoms with van der Waals surface area (Å²) in [6, 6.07) is 23.5. The second-order valence-corrected chi connectivity index (χ2v) is 6.59. The van der Waals surface area contributed by atoms with Gasteiger partial charge in [-0.05, 0) is 48.0 Å². The van der Waals surface area contributed by atoms with Gasteiger partial charge in [-0.15, -0.1) is 0 Å². The van der Waals surface area contributed by atoms with E-state index in [0.29, 0.717) is 17.8 Å². The topological polar surface area (TPSA) is 56.1 Å². The van der Waals surface area contributed by atoms with Gasteiger partial charge in [0, 0.05) is 12.2 Å². The van der Waals surface area contributed by atoms with Crippen molar-refractivity contribution >= 4 is 11.6 Å². The second-order valence-electron chi connectivity index (χ2n) is 6.59. The quantitative estimate of drug-likeness (QED) is 0.695. The van der Waals surface area contributed by atoms with Crippen LogP contribution in [0.1, 0.15) is 11.1 Å². The maximum atomic E-state index is 13.2. The first-order valence-electron chi connectivity index (χ1n) is 8.87. The summed E-state index contributed by atoms with van der Waals surface area (Å²) >= 11 is 0. The molecule has 0 saturated carbocycles. The van der Waals surface area contributed by atoms with Gasteiger partial charge in [0.05, 0.1) is 18.2 Å². The predicted molar refractivity (Wildman–Crippen MR) is 108 cm³/mol. The number of likely N-dealkylation sites (N-methyl/N-ethyl adjacent to an activating group) is 1. The molecule has 0 aliphatic rings. The van der Waals surface area contributed by atoms with Gasteiger partial charge < -0.3 is 5.32 Å². The van der Waals surface area contributed by atoms with Crippen LogP contribution in [-0.2, 0) is 11.3 Å². The Hall–Kier alpha value is -3.49. The van der Waals surface area contributed by atoms with Crippen LogP contribution in [0.25, 0.3) is 11.1 Å². The van der Waals surface area contributed by atoms with Crippen LogP contribution < -0.4 is 5.32 Å². The van der Waals surface area contributed by atoms with Gasteiger partial charge >= 0.3 is 0 Å². The lowest BCUT2D eigenvalue weighted by molar-refractivity contribution is -0.117. The summed E-state index contributed by atoms with van der Waals surface area (Å²) in [5, 5.41) is 11.9. The van der Waals surface area contributed by atoms with Gasteiger partial charge in [0.1, 0.15) is 5.82 Å². The first-order chi connectivity index (χ1) is 13.5. The van der Waals surface area contributed by atoms with E-state index in [4.69, 9.17) is 0 Å². The lowest BCUT2D eigenvalue weighted by atomic mass is 9.99. The number of carbonyl (C=O) groups is 1. The molecule has 0 saturated heterocycles. The van der Waals surface area contributed by atoms with Gasteiger partial charge in [0.25, 0.3) is 0 Å². The zero-order valence-electron chi connectivity index (χ0n) is 15.5. The minimum absolute atomic E-state index is 0.190. The Morgan fingerprint density at radius 1 is 1.07 bits per heavy atom. The lowest BCUT2D eigenvalue weighted by Gasteiger charge is -2.17. The summed E-state index contributed by atoms with van der Waals surface area (Å²) < 4.78 is 13.2. The molecule has 1 amide bonds. The van der Waals surface area contributed by atoms with Crippen molar-refractivity contribution in [3.8, 4) is 17.2 Å². The molecule has 28 heavy (non-hydrogen) atoms. The van der Waals surface area contributed by atoms with Crippen molar-refractivity contribution in [2.24, 2.45) is 0 Å². The van der Waals surface area contributed by atoms with Crippen LogP contribution >= 0.6 is 0 Å². The Morgan fingerprint density at radius 3 is 2.54 bits per heavy atom. The number of benzene rings is 3. The van der Waals surface area contributed by atoms with Crippen LogP contribution in [-0.4, -0.2) is 24.4 Å². The van der Waals surface area contributed by atoms with Crippen molar-refractivity contribution in [1.82, 2.24) is 4.90 Å². The van der Waals surface area contributed by atoms with Gasteiger partial charge in [0.15, 0.2) is 0 Å². The number of nitrogens with zero attached hydrogens (tertiary/aromatic N) is 2. The fourth-order valence-corrected chi connectivity index (χ4v) is 3.00. The molecule has 0 radical (unpaired) electrons. The van der Waals surface area contributed by atoms with E-state index in [1.807, 2.05) is 54.4 Å². The number of carbonyl (C=O) groups excluding carboxylic acids is 1. The molecule has 140 valence electrons. The number of rotatable bonds is 6. The fraction of sp³-hybridized carbons (Fsp3) is 0.130. The molecule has 0 aliphatic carbocycles. The predicted octanol–water partition coefficient (Wildman–Crippen LogP) is 4.43. The lowest BCUT2D eigenvalue weighted by Crippen LogP contribution is -2.29. The molecule has 3 rings (SSSR count). The smallest absolute Gasteiger partial charge is 0.238 e. The Labute approximate surface area is 163 Å². The van der Waals surface area contributed by atoms with Gasteiger partial charge in [0.2, 0.25) is 5.91 Å². The highest BCUT2D eigenvalue weighted by Crippen LogP contribution is 2.23. The van der Waals surface area contributed by atoms with Crippen molar-refractivity contribution in [3.05, 3.63) is 89.7 Å². The van der Waals surface area contributed by atoms with Crippen LogP contribution in [0, 0.1) is 17.1 Å². The van der Waals surface area contributed by atoms with Crippen LogP contribution in [0.5, 0.6) is 0 Å².